The van der Waals surface area contributed by atoms with Gasteiger partial charge in [-0.25, -0.2) is 0 Å². The van der Waals surface area contributed by atoms with E-state index in [9.17, 15) is 10.1 Å². The lowest BCUT2D eigenvalue weighted by atomic mass is 9.87. The van der Waals surface area contributed by atoms with Gasteiger partial charge in [0.2, 0.25) is 9.83 Å². The van der Waals surface area contributed by atoms with Crippen molar-refractivity contribution in [2.75, 3.05) is 0 Å². The van der Waals surface area contributed by atoms with Crippen molar-refractivity contribution < 1.29 is 4.92 Å². The molecule has 0 N–H and O–H groups in total. The zero-order chi connectivity index (χ0) is 10.2. The number of halogens is 3. The van der Waals surface area contributed by atoms with Crippen molar-refractivity contribution in [1.82, 2.24) is 0 Å². The van der Waals surface area contributed by atoms with Crippen molar-refractivity contribution in [3.8, 4) is 0 Å². The summed E-state index contributed by atoms with van der Waals surface area (Å²) in [6.45, 7) is 4.52. The summed E-state index contributed by atoms with van der Waals surface area (Å²) < 4.78 is -1.63. The fraction of sp³-hybridized carbons (Fsp3) is 1.00. The van der Waals surface area contributed by atoms with Gasteiger partial charge in [0, 0.05) is 11.8 Å². The quantitative estimate of drug-likeness (QED) is 0.419. The highest BCUT2D eigenvalue weighted by atomic mass is 35.6. The molecule has 1 atom stereocenters. The lowest BCUT2D eigenvalue weighted by Crippen LogP contribution is -2.43. The van der Waals surface area contributed by atoms with Gasteiger partial charge in [-0.15, -0.1) is 0 Å². The van der Waals surface area contributed by atoms with Gasteiger partial charge in [0.05, 0.1) is 5.41 Å². The minimum absolute atomic E-state index is 0.456. The maximum Gasteiger partial charge on any atom is 0.219 e. The Bertz CT molecular complexity index is 188. The van der Waals surface area contributed by atoms with Crippen molar-refractivity contribution in [3.05, 3.63) is 10.1 Å². The molecule has 6 heteroatoms. The molecule has 0 amide bonds. The van der Waals surface area contributed by atoms with Crippen LogP contribution in [0.25, 0.3) is 0 Å². The summed E-state index contributed by atoms with van der Waals surface area (Å²) >= 11 is 16.8. The van der Waals surface area contributed by atoms with E-state index >= 15 is 0 Å². The second-order valence-electron chi connectivity index (χ2n) is 3.18. The molecular weight excluding hydrogens is 224 g/mol. The smallest absolute Gasteiger partial charge is 0.219 e. The molecule has 0 rings (SSSR count). The molecule has 0 aliphatic heterocycles. The molecule has 0 saturated heterocycles. The second-order valence-corrected chi connectivity index (χ2v) is 5.46. The van der Waals surface area contributed by atoms with E-state index in [1.165, 1.54) is 6.92 Å². The van der Waals surface area contributed by atoms with Crippen molar-refractivity contribution in [1.29, 1.82) is 0 Å². The molecule has 0 radical (unpaired) electrons. The van der Waals surface area contributed by atoms with Crippen LogP contribution in [0.15, 0.2) is 0 Å². The Hall–Kier alpha value is 0.270. The molecule has 0 aliphatic rings. The van der Waals surface area contributed by atoms with E-state index in [0.29, 0.717) is 0 Å². The minimum atomic E-state index is -1.63. The van der Waals surface area contributed by atoms with Crippen LogP contribution in [-0.2, 0) is 0 Å². The first kappa shape index (κ1) is 12.3. The first-order valence-corrected chi connectivity index (χ1v) is 4.44. The first-order valence-electron chi connectivity index (χ1n) is 3.31. The van der Waals surface area contributed by atoms with Gasteiger partial charge in [0.15, 0.2) is 0 Å². The zero-order valence-corrected chi connectivity index (χ0v) is 9.24. The Labute approximate surface area is 86.1 Å². The lowest BCUT2D eigenvalue weighted by Gasteiger charge is -2.32. The van der Waals surface area contributed by atoms with Gasteiger partial charge in [0.1, 0.15) is 0 Å². The third-order valence-corrected chi connectivity index (χ3v) is 3.55. The van der Waals surface area contributed by atoms with E-state index in [4.69, 9.17) is 34.8 Å². The molecule has 0 bridgehead atoms. The average molecular weight is 235 g/mol. The summed E-state index contributed by atoms with van der Waals surface area (Å²) in [7, 11) is 0. The molecule has 72 valence electrons. The third-order valence-electron chi connectivity index (χ3n) is 2.09. The van der Waals surface area contributed by atoms with Crippen LogP contribution in [0.4, 0.5) is 0 Å². The van der Waals surface area contributed by atoms with E-state index < -0.39 is 20.2 Å². The van der Waals surface area contributed by atoms with E-state index in [0.717, 1.165) is 0 Å². The summed E-state index contributed by atoms with van der Waals surface area (Å²) in [6.07, 6.45) is 0. The maximum absolute atomic E-state index is 10.4. The van der Waals surface area contributed by atoms with Crippen molar-refractivity contribution in [2.24, 2.45) is 5.41 Å². The molecule has 0 spiro atoms. The Balaban J connectivity index is 4.73. The van der Waals surface area contributed by atoms with Crippen LogP contribution in [0, 0.1) is 15.5 Å². The number of alkyl halides is 3. The van der Waals surface area contributed by atoms with E-state index in [1.807, 2.05) is 0 Å². The molecule has 0 saturated carbocycles. The predicted molar refractivity (Wildman–Crippen MR) is 50.5 cm³/mol. The molecule has 1 unspecified atom stereocenters. The van der Waals surface area contributed by atoms with Gasteiger partial charge in [-0.3, -0.25) is 10.1 Å². The molecular formula is C6H10Cl3NO2. The van der Waals surface area contributed by atoms with Crippen LogP contribution in [0.1, 0.15) is 20.8 Å². The van der Waals surface area contributed by atoms with Crippen LogP contribution < -0.4 is 0 Å². The number of hydrogen-bond donors (Lipinski definition) is 0. The fourth-order valence-electron chi connectivity index (χ4n) is 0.500. The van der Waals surface area contributed by atoms with Crippen LogP contribution >= 0.6 is 34.8 Å². The number of nitro groups is 1. The highest BCUT2D eigenvalue weighted by molar-refractivity contribution is 6.68. The molecule has 12 heavy (non-hydrogen) atoms. The normalized spacial score (nSPS) is 15.8. The Kier molecular flexibility index (Phi) is 3.64. The Morgan fingerprint density at radius 3 is 1.75 bits per heavy atom. The lowest BCUT2D eigenvalue weighted by molar-refractivity contribution is -0.535. The molecule has 0 aromatic rings. The third kappa shape index (κ3) is 2.38. The van der Waals surface area contributed by atoms with Gasteiger partial charge in [-0.2, -0.15) is 0 Å². The number of hydrogen-bond acceptors (Lipinski definition) is 2. The van der Waals surface area contributed by atoms with Crippen LogP contribution in [0.3, 0.4) is 0 Å². The van der Waals surface area contributed by atoms with Gasteiger partial charge in [-0.1, -0.05) is 34.8 Å². The topological polar surface area (TPSA) is 43.1 Å². The molecule has 3 nitrogen and oxygen atoms in total. The Morgan fingerprint density at radius 1 is 1.33 bits per heavy atom. The Morgan fingerprint density at radius 2 is 1.67 bits per heavy atom. The zero-order valence-electron chi connectivity index (χ0n) is 6.97. The summed E-state index contributed by atoms with van der Waals surface area (Å²) in [5, 5.41) is 10.4. The molecule has 0 heterocycles. The predicted octanol–water partition coefficient (Wildman–Crippen LogP) is 3.05. The summed E-state index contributed by atoms with van der Waals surface area (Å²) in [4.78, 5) is 9.97. The van der Waals surface area contributed by atoms with Gasteiger partial charge in [-0.05, 0) is 13.8 Å². The van der Waals surface area contributed by atoms with Crippen LogP contribution in [0.2, 0.25) is 0 Å². The van der Waals surface area contributed by atoms with Gasteiger partial charge < -0.3 is 0 Å². The molecule has 0 aromatic heterocycles. The molecule has 0 fully saturated rings. The maximum atomic E-state index is 10.4. The summed E-state index contributed by atoms with van der Waals surface area (Å²) in [5.41, 5.74) is -0.985. The number of rotatable bonds is 2. The summed E-state index contributed by atoms with van der Waals surface area (Å²) in [5.74, 6) is 0. The van der Waals surface area contributed by atoms with Gasteiger partial charge in [0.25, 0.3) is 0 Å². The minimum Gasteiger partial charge on any atom is -0.264 e. The van der Waals surface area contributed by atoms with Crippen molar-refractivity contribution in [2.45, 2.75) is 30.6 Å². The van der Waals surface area contributed by atoms with Crippen LogP contribution in [-0.4, -0.2) is 14.8 Å². The van der Waals surface area contributed by atoms with E-state index in [-0.39, 0.29) is 0 Å². The molecule has 0 aromatic carbocycles. The largest absolute Gasteiger partial charge is 0.264 e. The number of nitrogens with zero attached hydrogens (tertiary/aromatic N) is 1. The van der Waals surface area contributed by atoms with Crippen molar-refractivity contribution >= 4 is 34.8 Å². The highest BCUT2D eigenvalue weighted by Crippen LogP contribution is 2.46. The average Bonchev–Trinajstić information content (AvgIpc) is 1.83. The first-order chi connectivity index (χ1) is 5.10. The van der Waals surface area contributed by atoms with E-state index in [2.05, 4.69) is 0 Å². The van der Waals surface area contributed by atoms with Gasteiger partial charge >= 0.3 is 0 Å². The van der Waals surface area contributed by atoms with Crippen LogP contribution in [0.5, 0.6) is 0 Å². The molecule has 0 aliphatic carbocycles. The standard InChI is InChI=1S/C6H10Cl3NO2/c1-4(10(11)12)5(2,3)6(7,8)9/h4H,1-3H3. The monoisotopic (exact) mass is 233 g/mol. The highest BCUT2D eigenvalue weighted by Gasteiger charge is 2.50. The summed E-state index contributed by atoms with van der Waals surface area (Å²) in [6, 6.07) is -0.898. The second kappa shape index (κ2) is 3.56. The SMILES string of the molecule is CC([N+](=O)[O-])C(C)(C)C(Cl)(Cl)Cl. The fourth-order valence-corrected chi connectivity index (χ4v) is 0.974. The van der Waals surface area contributed by atoms with Crippen molar-refractivity contribution in [3.63, 3.8) is 0 Å². The van der Waals surface area contributed by atoms with E-state index in [1.54, 1.807) is 13.8 Å².